The van der Waals surface area contributed by atoms with E-state index in [1.165, 1.54) is 32.2 Å². The lowest BCUT2D eigenvalue weighted by atomic mass is 9.86. The fraction of sp³-hybridized carbons (Fsp3) is 0.846. The van der Waals surface area contributed by atoms with Gasteiger partial charge in [-0.3, -0.25) is 4.90 Å². The molecule has 0 bridgehead atoms. The Labute approximate surface area is 118 Å². The number of ether oxygens (including phenoxy) is 1. The number of methoxy groups -OCH3 is 1. The lowest BCUT2D eigenvalue weighted by Gasteiger charge is -2.46. The maximum Gasteiger partial charge on any atom is 0.208 e. The largest absolute Gasteiger partial charge is 0.383 e. The van der Waals surface area contributed by atoms with Crippen molar-refractivity contribution in [2.75, 3.05) is 44.8 Å². The Morgan fingerprint density at radius 1 is 1.37 bits per heavy atom. The van der Waals surface area contributed by atoms with Crippen molar-refractivity contribution >= 4 is 16.5 Å². The van der Waals surface area contributed by atoms with Crippen LogP contribution in [0.25, 0.3) is 0 Å². The van der Waals surface area contributed by atoms with Crippen molar-refractivity contribution in [3.05, 3.63) is 5.51 Å². The lowest BCUT2D eigenvalue weighted by Crippen LogP contribution is -2.56. The van der Waals surface area contributed by atoms with Crippen molar-refractivity contribution < 1.29 is 4.74 Å². The number of rotatable bonds is 4. The average Bonchev–Trinajstić information content (AvgIpc) is 3.07. The Kier molecular flexibility index (Phi) is 4.00. The van der Waals surface area contributed by atoms with Crippen LogP contribution >= 0.6 is 11.3 Å². The van der Waals surface area contributed by atoms with E-state index in [0.717, 1.165) is 31.4 Å². The number of hydrogen-bond acceptors (Lipinski definition) is 6. The number of hydrogen-bond donors (Lipinski definition) is 0. The maximum atomic E-state index is 5.26. The zero-order chi connectivity index (χ0) is 13.1. The molecule has 0 amide bonds. The van der Waals surface area contributed by atoms with E-state index in [0.29, 0.717) is 5.54 Å². The van der Waals surface area contributed by atoms with Gasteiger partial charge < -0.3 is 9.64 Å². The summed E-state index contributed by atoms with van der Waals surface area (Å²) in [6.07, 6.45) is 5.19. The first-order valence-corrected chi connectivity index (χ1v) is 7.97. The number of piperidine rings is 1. The molecule has 6 heteroatoms. The van der Waals surface area contributed by atoms with Crippen LogP contribution in [0.15, 0.2) is 5.51 Å². The molecule has 0 N–H and O–H groups in total. The molecule has 3 heterocycles. The van der Waals surface area contributed by atoms with Crippen molar-refractivity contribution in [1.29, 1.82) is 0 Å². The molecule has 1 spiro atoms. The zero-order valence-corrected chi connectivity index (χ0v) is 12.4. The highest BCUT2D eigenvalue weighted by Crippen LogP contribution is 2.38. The lowest BCUT2D eigenvalue weighted by molar-refractivity contribution is 0.0782. The van der Waals surface area contributed by atoms with Crippen LogP contribution in [-0.2, 0) is 4.74 Å². The van der Waals surface area contributed by atoms with E-state index < -0.39 is 0 Å². The number of aromatic nitrogens is 2. The summed E-state index contributed by atoms with van der Waals surface area (Å²) in [4.78, 5) is 5.07. The summed E-state index contributed by atoms with van der Waals surface area (Å²) in [5.74, 6) is 0. The van der Waals surface area contributed by atoms with Gasteiger partial charge in [0.2, 0.25) is 5.13 Å². The zero-order valence-electron chi connectivity index (χ0n) is 11.5. The Morgan fingerprint density at radius 2 is 2.21 bits per heavy atom. The van der Waals surface area contributed by atoms with Crippen LogP contribution in [0.5, 0.6) is 0 Å². The Bertz CT molecular complexity index is 399. The number of anilines is 1. The molecule has 2 saturated heterocycles. The van der Waals surface area contributed by atoms with Gasteiger partial charge in [-0.05, 0) is 32.2 Å². The van der Waals surface area contributed by atoms with Crippen LogP contribution in [0.4, 0.5) is 5.13 Å². The van der Waals surface area contributed by atoms with Gasteiger partial charge in [0.15, 0.2) is 0 Å². The molecule has 0 aromatic carbocycles. The Morgan fingerprint density at radius 3 is 2.95 bits per heavy atom. The van der Waals surface area contributed by atoms with E-state index >= 15 is 0 Å². The first kappa shape index (κ1) is 13.3. The van der Waals surface area contributed by atoms with Gasteiger partial charge in [0.05, 0.1) is 6.61 Å². The molecule has 1 aromatic rings. The van der Waals surface area contributed by atoms with Crippen LogP contribution in [0.2, 0.25) is 0 Å². The molecule has 0 saturated carbocycles. The molecule has 5 nitrogen and oxygen atoms in total. The monoisotopic (exact) mass is 282 g/mol. The number of nitrogens with zero attached hydrogens (tertiary/aromatic N) is 4. The maximum absolute atomic E-state index is 5.26. The van der Waals surface area contributed by atoms with Crippen molar-refractivity contribution in [3.63, 3.8) is 0 Å². The second-order valence-corrected chi connectivity index (χ2v) is 6.37. The van der Waals surface area contributed by atoms with Crippen LogP contribution in [0.1, 0.15) is 25.7 Å². The van der Waals surface area contributed by atoms with Gasteiger partial charge in [-0.15, -0.1) is 10.2 Å². The minimum Gasteiger partial charge on any atom is -0.383 e. The summed E-state index contributed by atoms with van der Waals surface area (Å²) in [6.45, 7) is 5.33. The van der Waals surface area contributed by atoms with Crippen LogP contribution < -0.4 is 4.90 Å². The third-order valence-electron chi connectivity index (χ3n) is 4.48. The van der Waals surface area contributed by atoms with E-state index in [4.69, 9.17) is 4.74 Å². The molecular formula is C13H22N4OS. The average molecular weight is 282 g/mol. The summed E-state index contributed by atoms with van der Waals surface area (Å²) >= 11 is 1.65. The molecule has 0 radical (unpaired) electrons. The van der Waals surface area contributed by atoms with Gasteiger partial charge in [-0.2, -0.15) is 0 Å². The third kappa shape index (κ3) is 2.61. The molecule has 19 heavy (non-hydrogen) atoms. The summed E-state index contributed by atoms with van der Waals surface area (Å²) in [6, 6.07) is 0. The van der Waals surface area contributed by atoms with Crippen LogP contribution in [0, 0.1) is 0 Å². The molecule has 106 valence electrons. The normalized spacial score (nSPS) is 28.4. The minimum absolute atomic E-state index is 0.350. The topological polar surface area (TPSA) is 41.5 Å². The summed E-state index contributed by atoms with van der Waals surface area (Å²) < 4.78 is 5.26. The highest BCUT2D eigenvalue weighted by molar-refractivity contribution is 7.13. The molecule has 1 aromatic heterocycles. The molecule has 1 atom stereocenters. The molecule has 2 fully saturated rings. The molecule has 2 aliphatic rings. The highest BCUT2D eigenvalue weighted by Gasteiger charge is 2.43. The molecule has 3 rings (SSSR count). The van der Waals surface area contributed by atoms with Crippen molar-refractivity contribution in [2.24, 2.45) is 0 Å². The number of likely N-dealkylation sites (tertiary alicyclic amines) is 1. The highest BCUT2D eigenvalue weighted by atomic mass is 32.1. The third-order valence-corrected chi connectivity index (χ3v) is 5.23. The molecule has 0 unspecified atom stereocenters. The predicted octanol–water partition coefficient (Wildman–Crippen LogP) is 1.62. The predicted molar refractivity (Wildman–Crippen MR) is 76.8 cm³/mol. The molecule has 0 aliphatic carbocycles. The molecular weight excluding hydrogens is 260 g/mol. The second-order valence-electron chi connectivity index (χ2n) is 5.55. The summed E-state index contributed by atoms with van der Waals surface area (Å²) in [5.41, 5.74) is 2.18. The quantitative estimate of drug-likeness (QED) is 0.839. The fourth-order valence-electron chi connectivity index (χ4n) is 3.59. The van der Waals surface area contributed by atoms with Crippen molar-refractivity contribution in [2.45, 2.75) is 31.2 Å². The van der Waals surface area contributed by atoms with Gasteiger partial charge in [-0.25, -0.2) is 0 Å². The smallest absolute Gasteiger partial charge is 0.208 e. The van der Waals surface area contributed by atoms with Gasteiger partial charge in [0.1, 0.15) is 5.51 Å². The molecule has 2 aliphatic heterocycles. The Hall–Kier alpha value is -0.720. The van der Waals surface area contributed by atoms with Crippen molar-refractivity contribution in [1.82, 2.24) is 15.1 Å². The minimum atomic E-state index is 0.350. The van der Waals surface area contributed by atoms with Gasteiger partial charge in [0, 0.05) is 32.3 Å². The fourth-order valence-corrected chi connectivity index (χ4v) is 4.18. The van der Waals surface area contributed by atoms with Crippen LogP contribution in [0.3, 0.4) is 0 Å². The standard InChI is InChI=1S/C13H22N4OS/c1-18-9-8-17-7-3-5-13(17)4-2-6-16(10-13)12-15-14-11-19-12/h11H,2-10H2,1H3/t13-/m0/s1. The summed E-state index contributed by atoms with van der Waals surface area (Å²) in [5, 5.41) is 9.29. The SMILES string of the molecule is COCCN1CCC[C@]12CCCN(c1nncs1)C2. The van der Waals surface area contributed by atoms with Crippen molar-refractivity contribution in [3.8, 4) is 0 Å². The van der Waals surface area contributed by atoms with E-state index in [1.807, 2.05) is 5.51 Å². The van der Waals surface area contributed by atoms with E-state index in [2.05, 4.69) is 20.0 Å². The van der Waals surface area contributed by atoms with E-state index in [9.17, 15) is 0 Å². The van der Waals surface area contributed by atoms with E-state index in [1.54, 1.807) is 18.4 Å². The summed E-state index contributed by atoms with van der Waals surface area (Å²) in [7, 11) is 1.79. The van der Waals surface area contributed by atoms with Crippen LogP contribution in [-0.4, -0.2) is 60.5 Å². The Balaban J connectivity index is 1.72. The second kappa shape index (κ2) is 5.73. The van der Waals surface area contributed by atoms with Gasteiger partial charge in [-0.1, -0.05) is 11.3 Å². The van der Waals surface area contributed by atoms with Gasteiger partial charge >= 0.3 is 0 Å². The first-order valence-electron chi connectivity index (χ1n) is 7.09. The first-order chi connectivity index (χ1) is 9.34. The van der Waals surface area contributed by atoms with E-state index in [-0.39, 0.29) is 0 Å². The van der Waals surface area contributed by atoms with Gasteiger partial charge in [0.25, 0.3) is 0 Å².